The number of nitrogens with one attached hydrogen (secondary N) is 1. The van der Waals surface area contributed by atoms with E-state index in [1.807, 2.05) is 29.6 Å². The van der Waals surface area contributed by atoms with E-state index in [9.17, 15) is 0 Å². The molecule has 0 fully saturated rings. The molecule has 0 amide bonds. The molecule has 0 saturated heterocycles. The summed E-state index contributed by atoms with van der Waals surface area (Å²) in [6.07, 6.45) is 4.78. The van der Waals surface area contributed by atoms with Crippen molar-refractivity contribution in [2.75, 3.05) is 11.9 Å². The summed E-state index contributed by atoms with van der Waals surface area (Å²) >= 11 is 1.89. The van der Waals surface area contributed by atoms with Crippen LogP contribution in [0.4, 0.5) is 5.82 Å². The predicted molar refractivity (Wildman–Crippen MR) is 78.0 cm³/mol. The molecule has 3 heterocycles. The Bertz CT molecular complexity index is 593. The number of anilines is 1. The molecule has 0 saturated carbocycles. The molecule has 0 aromatic carbocycles. The van der Waals surface area contributed by atoms with E-state index in [4.69, 9.17) is 0 Å². The first-order valence-electron chi connectivity index (χ1n) is 6.48. The summed E-state index contributed by atoms with van der Waals surface area (Å²) in [4.78, 5) is 13.7. The Kier molecular flexibility index (Phi) is 3.42. The lowest BCUT2D eigenvalue weighted by Gasteiger charge is -2.11. The third-order valence-corrected chi connectivity index (χ3v) is 4.11. The van der Waals surface area contributed by atoms with E-state index in [1.165, 1.54) is 5.56 Å². The molecule has 2 aromatic heterocycles. The van der Waals surface area contributed by atoms with Gasteiger partial charge in [-0.05, 0) is 6.42 Å². The van der Waals surface area contributed by atoms with E-state index in [0.29, 0.717) is 5.82 Å². The molecule has 19 heavy (non-hydrogen) atoms. The number of nitrogens with zero attached hydrogens (tertiary/aromatic N) is 4. The molecular formula is C13H17N5S. The van der Waals surface area contributed by atoms with E-state index < -0.39 is 0 Å². The fraction of sp³-hybridized carbons (Fsp3) is 0.462. The maximum atomic E-state index is 4.67. The first-order chi connectivity index (χ1) is 9.29. The average Bonchev–Trinajstić information content (AvgIpc) is 3.03. The van der Waals surface area contributed by atoms with Crippen LogP contribution in [-0.4, -0.2) is 26.1 Å². The summed E-state index contributed by atoms with van der Waals surface area (Å²) in [5, 5.41) is 3.42. The third-order valence-electron chi connectivity index (χ3n) is 3.14. The van der Waals surface area contributed by atoms with Crippen molar-refractivity contribution in [2.45, 2.75) is 24.9 Å². The maximum Gasteiger partial charge on any atom is 0.198 e. The standard InChI is InChI=1S/C13H17N5S/c1-3-4-14-11-9-7-19-8-10(9)16-12(17-11)13-15-5-6-18(13)2/h5-6H,3-4,7-8H2,1-2H3,(H,14,16,17). The van der Waals surface area contributed by atoms with Crippen molar-refractivity contribution in [3.8, 4) is 11.6 Å². The number of fused-ring (bicyclic) bond motifs is 1. The highest BCUT2D eigenvalue weighted by Gasteiger charge is 2.21. The molecular weight excluding hydrogens is 258 g/mol. The number of aryl methyl sites for hydroxylation is 1. The Balaban J connectivity index is 2.05. The van der Waals surface area contributed by atoms with Gasteiger partial charge in [-0.1, -0.05) is 6.92 Å². The minimum absolute atomic E-state index is 0.715. The number of thioether (sulfide) groups is 1. The SMILES string of the molecule is CCCNc1nc(-c2nccn2C)nc2c1CSC2. The van der Waals surface area contributed by atoms with Crippen molar-refractivity contribution < 1.29 is 0 Å². The molecule has 1 aliphatic heterocycles. The van der Waals surface area contributed by atoms with Crippen molar-refractivity contribution >= 4 is 17.6 Å². The average molecular weight is 275 g/mol. The lowest BCUT2D eigenvalue weighted by molar-refractivity contribution is 0.896. The summed E-state index contributed by atoms with van der Waals surface area (Å²) in [5.74, 6) is 4.49. The number of aromatic nitrogens is 4. The van der Waals surface area contributed by atoms with Crippen LogP contribution in [0.3, 0.4) is 0 Å². The van der Waals surface area contributed by atoms with Gasteiger partial charge in [0.05, 0.1) is 5.69 Å². The molecule has 6 heteroatoms. The highest BCUT2D eigenvalue weighted by Crippen LogP contribution is 2.34. The van der Waals surface area contributed by atoms with Crippen LogP contribution >= 0.6 is 11.8 Å². The van der Waals surface area contributed by atoms with Gasteiger partial charge in [-0.15, -0.1) is 0 Å². The molecule has 2 aromatic rings. The Morgan fingerprint density at radius 2 is 2.26 bits per heavy atom. The first-order valence-corrected chi connectivity index (χ1v) is 7.64. The fourth-order valence-electron chi connectivity index (χ4n) is 2.12. The van der Waals surface area contributed by atoms with Crippen LogP contribution < -0.4 is 5.32 Å². The van der Waals surface area contributed by atoms with Gasteiger partial charge in [-0.2, -0.15) is 11.8 Å². The summed E-state index contributed by atoms with van der Waals surface area (Å²) in [7, 11) is 1.97. The molecule has 3 rings (SSSR count). The monoisotopic (exact) mass is 275 g/mol. The number of rotatable bonds is 4. The molecule has 0 atom stereocenters. The van der Waals surface area contributed by atoms with Crippen LogP contribution in [-0.2, 0) is 18.6 Å². The minimum atomic E-state index is 0.715. The van der Waals surface area contributed by atoms with Gasteiger partial charge in [0.25, 0.3) is 0 Å². The van der Waals surface area contributed by atoms with Crippen LogP contribution in [0.1, 0.15) is 24.6 Å². The quantitative estimate of drug-likeness (QED) is 0.929. The van der Waals surface area contributed by atoms with Gasteiger partial charge in [0, 0.05) is 43.1 Å². The molecule has 0 radical (unpaired) electrons. The highest BCUT2D eigenvalue weighted by atomic mass is 32.2. The van der Waals surface area contributed by atoms with Crippen molar-refractivity contribution in [2.24, 2.45) is 7.05 Å². The number of imidazole rings is 1. The van der Waals surface area contributed by atoms with Crippen LogP contribution in [0.25, 0.3) is 11.6 Å². The lowest BCUT2D eigenvalue weighted by atomic mass is 10.2. The smallest absolute Gasteiger partial charge is 0.198 e. The summed E-state index contributed by atoms with van der Waals surface area (Å²) in [5.41, 5.74) is 2.41. The highest BCUT2D eigenvalue weighted by molar-refractivity contribution is 7.98. The Morgan fingerprint density at radius 3 is 3.00 bits per heavy atom. The van der Waals surface area contributed by atoms with Gasteiger partial charge in [0.15, 0.2) is 11.6 Å². The number of hydrogen-bond donors (Lipinski definition) is 1. The molecule has 1 N–H and O–H groups in total. The van der Waals surface area contributed by atoms with E-state index in [0.717, 1.165) is 41.8 Å². The van der Waals surface area contributed by atoms with Crippen LogP contribution in [0.15, 0.2) is 12.4 Å². The Morgan fingerprint density at radius 1 is 1.37 bits per heavy atom. The van der Waals surface area contributed by atoms with Crippen LogP contribution in [0.2, 0.25) is 0 Å². The fourth-order valence-corrected chi connectivity index (χ4v) is 3.16. The van der Waals surface area contributed by atoms with Gasteiger partial charge in [0.1, 0.15) is 5.82 Å². The van der Waals surface area contributed by atoms with Gasteiger partial charge in [-0.3, -0.25) is 0 Å². The van der Waals surface area contributed by atoms with E-state index in [2.05, 4.69) is 27.2 Å². The third kappa shape index (κ3) is 2.32. The van der Waals surface area contributed by atoms with Gasteiger partial charge < -0.3 is 9.88 Å². The van der Waals surface area contributed by atoms with Crippen molar-refractivity contribution in [3.63, 3.8) is 0 Å². The van der Waals surface area contributed by atoms with E-state index in [1.54, 1.807) is 6.20 Å². The van der Waals surface area contributed by atoms with Gasteiger partial charge >= 0.3 is 0 Å². The van der Waals surface area contributed by atoms with Gasteiger partial charge in [-0.25, -0.2) is 15.0 Å². The zero-order chi connectivity index (χ0) is 13.2. The molecule has 0 bridgehead atoms. The molecule has 0 spiro atoms. The molecule has 0 aliphatic carbocycles. The zero-order valence-electron chi connectivity index (χ0n) is 11.2. The molecule has 5 nitrogen and oxygen atoms in total. The second-order valence-electron chi connectivity index (χ2n) is 4.60. The first kappa shape index (κ1) is 12.5. The molecule has 100 valence electrons. The summed E-state index contributed by atoms with van der Waals surface area (Å²) in [6.45, 7) is 3.09. The van der Waals surface area contributed by atoms with Crippen molar-refractivity contribution in [1.82, 2.24) is 19.5 Å². The Labute approximate surface area is 116 Å². The predicted octanol–water partition coefficient (Wildman–Crippen LogP) is 2.45. The van der Waals surface area contributed by atoms with E-state index in [-0.39, 0.29) is 0 Å². The number of hydrogen-bond acceptors (Lipinski definition) is 5. The second kappa shape index (κ2) is 5.21. The lowest BCUT2D eigenvalue weighted by Crippen LogP contribution is -2.09. The summed E-state index contributed by atoms with van der Waals surface area (Å²) in [6, 6.07) is 0. The van der Waals surface area contributed by atoms with Crippen LogP contribution in [0, 0.1) is 0 Å². The van der Waals surface area contributed by atoms with E-state index >= 15 is 0 Å². The van der Waals surface area contributed by atoms with Gasteiger partial charge in [0.2, 0.25) is 0 Å². The van der Waals surface area contributed by atoms with Crippen molar-refractivity contribution in [1.29, 1.82) is 0 Å². The van der Waals surface area contributed by atoms with Crippen LogP contribution in [0.5, 0.6) is 0 Å². The minimum Gasteiger partial charge on any atom is -0.370 e. The topological polar surface area (TPSA) is 55.6 Å². The second-order valence-corrected chi connectivity index (χ2v) is 5.59. The largest absolute Gasteiger partial charge is 0.370 e. The summed E-state index contributed by atoms with van der Waals surface area (Å²) < 4.78 is 1.95. The Hall–Kier alpha value is -1.56. The normalized spacial score (nSPS) is 13.6. The maximum absolute atomic E-state index is 4.67. The molecule has 0 unspecified atom stereocenters. The zero-order valence-corrected chi connectivity index (χ0v) is 12.0. The van der Waals surface area contributed by atoms with Crippen molar-refractivity contribution in [3.05, 3.63) is 23.7 Å². The molecule has 1 aliphatic rings.